The summed E-state index contributed by atoms with van der Waals surface area (Å²) in [7, 11) is 2.13. The first-order valence-electron chi connectivity index (χ1n) is 7.42. The summed E-state index contributed by atoms with van der Waals surface area (Å²) in [5.74, 6) is 0.165. The van der Waals surface area contributed by atoms with Crippen molar-refractivity contribution >= 4 is 11.8 Å². The minimum absolute atomic E-state index is 0.218. The molecule has 1 aromatic carbocycles. The summed E-state index contributed by atoms with van der Waals surface area (Å²) in [6.07, 6.45) is 2.27. The molecule has 5 nitrogen and oxygen atoms in total. The summed E-state index contributed by atoms with van der Waals surface area (Å²) in [5.41, 5.74) is 2.65. The van der Waals surface area contributed by atoms with Gasteiger partial charge >= 0.3 is 0 Å². The Balaban J connectivity index is 1.72. The van der Waals surface area contributed by atoms with Crippen molar-refractivity contribution in [3.05, 3.63) is 29.3 Å². The van der Waals surface area contributed by atoms with Gasteiger partial charge in [-0.15, -0.1) is 0 Å². The van der Waals surface area contributed by atoms with Crippen molar-refractivity contribution in [3.63, 3.8) is 0 Å². The Kier molecular flexibility index (Phi) is 3.92. The molecule has 3 rings (SSSR count). The van der Waals surface area contributed by atoms with E-state index in [0.29, 0.717) is 18.6 Å². The van der Waals surface area contributed by atoms with Gasteiger partial charge in [0.1, 0.15) is 5.75 Å². The quantitative estimate of drug-likeness (QED) is 0.822. The van der Waals surface area contributed by atoms with E-state index in [0.717, 1.165) is 25.9 Å². The van der Waals surface area contributed by atoms with Crippen LogP contribution in [0.1, 0.15) is 24.0 Å². The number of hydrogen-bond donors (Lipinski definition) is 1. The molecule has 1 unspecified atom stereocenters. The lowest BCUT2D eigenvalue weighted by molar-refractivity contribution is -0.138. The molecule has 1 N–H and O–H groups in total. The summed E-state index contributed by atoms with van der Waals surface area (Å²) < 4.78 is 5.77. The standard InChI is InChI=1S/C16H20N2O3/c1-18-8-6-11-2-3-13(10-12(11)7-9-18)21-14-4-5-15(19)17-16(14)20/h2-3,10,14H,4-9H2,1H3,(H,17,19,20). The fourth-order valence-electron chi connectivity index (χ4n) is 2.84. The van der Waals surface area contributed by atoms with E-state index >= 15 is 0 Å². The van der Waals surface area contributed by atoms with E-state index in [1.165, 1.54) is 11.1 Å². The fourth-order valence-corrected chi connectivity index (χ4v) is 2.84. The Morgan fingerprint density at radius 1 is 1.14 bits per heavy atom. The van der Waals surface area contributed by atoms with Crippen LogP contribution < -0.4 is 10.1 Å². The number of carbonyl (C=O) groups excluding carboxylic acids is 2. The van der Waals surface area contributed by atoms with Crippen molar-refractivity contribution in [3.8, 4) is 5.75 Å². The van der Waals surface area contributed by atoms with Crippen LogP contribution in [0.5, 0.6) is 5.75 Å². The average molecular weight is 288 g/mol. The molecule has 1 aromatic rings. The average Bonchev–Trinajstić information content (AvgIpc) is 2.64. The van der Waals surface area contributed by atoms with E-state index < -0.39 is 6.10 Å². The third kappa shape index (κ3) is 3.24. The molecule has 1 atom stereocenters. The minimum atomic E-state index is -0.561. The lowest BCUT2D eigenvalue weighted by Gasteiger charge is -2.22. The summed E-state index contributed by atoms with van der Waals surface area (Å²) in [5, 5.41) is 2.32. The Bertz CT molecular complexity index is 571. The highest BCUT2D eigenvalue weighted by atomic mass is 16.5. The largest absolute Gasteiger partial charge is 0.481 e. The summed E-state index contributed by atoms with van der Waals surface area (Å²) in [4.78, 5) is 25.2. The number of amides is 2. The molecule has 112 valence electrons. The lowest BCUT2D eigenvalue weighted by atomic mass is 10.0. The molecule has 0 spiro atoms. The highest BCUT2D eigenvalue weighted by molar-refractivity contribution is 5.99. The van der Waals surface area contributed by atoms with E-state index in [2.05, 4.69) is 23.3 Å². The van der Waals surface area contributed by atoms with Gasteiger partial charge in [-0.25, -0.2) is 0 Å². The molecule has 0 radical (unpaired) electrons. The molecule has 5 heteroatoms. The van der Waals surface area contributed by atoms with Crippen LogP contribution >= 0.6 is 0 Å². The number of fused-ring (bicyclic) bond motifs is 1. The van der Waals surface area contributed by atoms with E-state index in [4.69, 9.17) is 4.74 Å². The molecule has 2 amide bonds. The normalized spacial score (nSPS) is 23.2. The van der Waals surface area contributed by atoms with Gasteiger partial charge in [0, 0.05) is 25.9 Å². The van der Waals surface area contributed by atoms with Crippen molar-refractivity contribution in [2.45, 2.75) is 31.8 Å². The zero-order chi connectivity index (χ0) is 14.8. The predicted octanol–water partition coefficient (Wildman–Crippen LogP) is 0.901. The number of nitrogens with zero attached hydrogens (tertiary/aromatic N) is 1. The maximum atomic E-state index is 11.7. The van der Waals surface area contributed by atoms with Crippen molar-refractivity contribution < 1.29 is 14.3 Å². The van der Waals surface area contributed by atoms with Gasteiger partial charge in [-0.2, -0.15) is 0 Å². The Morgan fingerprint density at radius 3 is 2.67 bits per heavy atom. The zero-order valence-electron chi connectivity index (χ0n) is 12.2. The highest BCUT2D eigenvalue weighted by Crippen LogP contribution is 2.23. The molecule has 0 saturated carbocycles. The van der Waals surface area contributed by atoms with Gasteiger partial charge in [0.2, 0.25) is 5.91 Å². The van der Waals surface area contributed by atoms with E-state index in [1.807, 2.05) is 12.1 Å². The van der Waals surface area contributed by atoms with Crippen LogP contribution in [0.3, 0.4) is 0 Å². The molecule has 1 fully saturated rings. The van der Waals surface area contributed by atoms with Gasteiger partial charge in [-0.1, -0.05) is 6.07 Å². The third-order valence-electron chi connectivity index (χ3n) is 4.17. The van der Waals surface area contributed by atoms with Crippen LogP contribution in [0.2, 0.25) is 0 Å². The topological polar surface area (TPSA) is 58.6 Å². The van der Waals surface area contributed by atoms with Gasteiger partial charge in [-0.05, 0) is 43.1 Å². The van der Waals surface area contributed by atoms with E-state index in [1.54, 1.807) is 0 Å². The van der Waals surface area contributed by atoms with E-state index in [9.17, 15) is 9.59 Å². The van der Waals surface area contributed by atoms with Crippen LogP contribution in [-0.4, -0.2) is 43.0 Å². The monoisotopic (exact) mass is 288 g/mol. The number of hydrogen-bond acceptors (Lipinski definition) is 4. The van der Waals surface area contributed by atoms with Crippen LogP contribution in [0.4, 0.5) is 0 Å². The van der Waals surface area contributed by atoms with Gasteiger partial charge in [0.15, 0.2) is 6.10 Å². The maximum Gasteiger partial charge on any atom is 0.267 e. The lowest BCUT2D eigenvalue weighted by Crippen LogP contribution is -2.46. The number of likely N-dealkylation sites (N-methyl/N-ethyl adjacent to an activating group) is 1. The Morgan fingerprint density at radius 2 is 1.90 bits per heavy atom. The molecule has 2 aliphatic rings. The minimum Gasteiger partial charge on any atom is -0.481 e. The zero-order valence-corrected chi connectivity index (χ0v) is 12.2. The third-order valence-corrected chi connectivity index (χ3v) is 4.17. The molecule has 0 bridgehead atoms. The van der Waals surface area contributed by atoms with E-state index in [-0.39, 0.29) is 11.8 Å². The molecule has 0 aromatic heterocycles. The number of benzene rings is 1. The van der Waals surface area contributed by atoms with Crippen LogP contribution in [0, 0.1) is 0 Å². The van der Waals surface area contributed by atoms with Gasteiger partial charge in [0.25, 0.3) is 5.91 Å². The Labute approximate surface area is 124 Å². The smallest absolute Gasteiger partial charge is 0.267 e. The van der Waals surface area contributed by atoms with Crippen molar-refractivity contribution in [2.75, 3.05) is 20.1 Å². The number of nitrogens with one attached hydrogen (secondary N) is 1. The first-order valence-corrected chi connectivity index (χ1v) is 7.42. The molecular weight excluding hydrogens is 268 g/mol. The highest BCUT2D eigenvalue weighted by Gasteiger charge is 2.28. The molecule has 0 aliphatic carbocycles. The molecule has 2 aliphatic heterocycles. The number of carbonyl (C=O) groups is 2. The SMILES string of the molecule is CN1CCc2ccc(OC3CCC(=O)NC3=O)cc2CC1. The summed E-state index contributed by atoms with van der Waals surface area (Å²) in [6, 6.07) is 6.06. The molecule has 21 heavy (non-hydrogen) atoms. The van der Waals surface area contributed by atoms with Crippen molar-refractivity contribution in [1.29, 1.82) is 0 Å². The van der Waals surface area contributed by atoms with Crippen LogP contribution in [0.25, 0.3) is 0 Å². The number of ether oxygens (including phenoxy) is 1. The second-order valence-corrected chi connectivity index (χ2v) is 5.79. The van der Waals surface area contributed by atoms with Gasteiger partial charge in [-0.3, -0.25) is 14.9 Å². The van der Waals surface area contributed by atoms with Gasteiger partial charge < -0.3 is 9.64 Å². The first-order chi connectivity index (χ1) is 10.1. The van der Waals surface area contributed by atoms with Gasteiger partial charge in [0.05, 0.1) is 0 Å². The number of rotatable bonds is 2. The number of piperidine rings is 1. The van der Waals surface area contributed by atoms with Crippen LogP contribution in [-0.2, 0) is 22.4 Å². The molecule has 1 saturated heterocycles. The van der Waals surface area contributed by atoms with Crippen molar-refractivity contribution in [1.82, 2.24) is 10.2 Å². The predicted molar refractivity (Wildman–Crippen MR) is 78.1 cm³/mol. The fraction of sp³-hybridized carbons (Fsp3) is 0.500. The Hall–Kier alpha value is -1.88. The first kappa shape index (κ1) is 14.1. The second-order valence-electron chi connectivity index (χ2n) is 5.79. The van der Waals surface area contributed by atoms with Crippen LogP contribution in [0.15, 0.2) is 18.2 Å². The summed E-state index contributed by atoms with van der Waals surface area (Å²) in [6.45, 7) is 2.11. The number of imide groups is 1. The molecular formula is C16H20N2O3. The van der Waals surface area contributed by atoms with Crippen molar-refractivity contribution in [2.24, 2.45) is 0 Å². The second kappa shape index (κ2) is 5.85. The molecule has 2 heterocycles. The summed E-state index contributed by atoms with van der Waals surface area (Å²) >= 11 is 0. The maximum absolute atomic E-state index is 11.7.